The normalized spacial score (nSPS) is 18.3. The van der Waals surface area contributed by atoms with E-state index in [2.05, 4.69) is 4.90 Å². The molecule has 19 heavy (non-hydrogen) atoms. The average Bonchev–Trinajstić information content (AvgIpc) is 2.40. The molecular formula is C13H19NO4S. The van der Waals surface area contributed by atoms with E-state index in [0.717, 1.165) is 11.4 Å². The highest BCUT2D eigenvalue weighted by Gasteiger charge is 2.21. The minimum absolute atomic E-state index is 0.235. The number of ether oxygens (including phenoxy) is 2. The van der Waals surface area contributed by atoms with Crippen molar-refractivity contribution >= 4 is 15.5 Å². The van der Waals surface area contributed by atoms with Gasteiger partial charge in [0.1, 0.15) is 12.4 Å². The van der Waals surface area contributed by atoms with E-state index in [1.165, 1.54) is 0 Å². The first-order valence-corrected chi connectivity index (χ1v) is 8.10. The largest absolute Gasteiger partial charge is 0.491 e. The van der Waals surface area contributed by atoms with E-state index in [0.29, 0.717) is 26.3 Å². The molecule has 0 amide bonds. The summed E-state index contributed by atoms with van der Waals surface area (Å²) in [7, 11) is -1.19. The van der Waals surface area contributed by atoms with Crippen LogP contribution >= 0.6 is 0 Å². The quantitative estimate of drug-likeness (QED) is 0.754. The summed E-state index contributed by atoms with van der Waals surface area (Å²) in [5.74, 6) is 1.27. The molecule has 5 nitrogen and oxygen atoms in total. The number of benzene rings is 1. The summed E-state index contributed by atoms with van der Waals surface area (Å²) < 4.78 is 33.1. The van der Waals surface area contributed by atoms with Crippen LogP contribution in [0.4, 0.5) is 5.69 Å². The maximum absolute atomic E-state index is 11.4. The predicted octanol–water partition coefficient (Wildman–Crippen LogP) is 0.947. The zero-order valence-corrected chi connectivity index (χ0v) is 11.9. The molecule has 1 aliphatic heterocycles. The Morgan fingerprint density at radius 2 is 1.74 bits per heavy atom. The van der Waals surface area contributed by atoms with Crippen molar-refractivity contribution in [3.8, 4) is 5.75 Å². The zero-order valence-electron chi connectivity index (χ0n) is 11.0. The number of anilines is 1. The van der Waals surface area contributed by atoms with Crippen molar-refractivity contribution in [2.45, 2.75) is 0 Å². The van der Waals surface area contributed by atoms with Gasteiger partial charge in [-0.3, -0.25) is 0 Å². The van der Waals surface area contributed by atoms with Gasteiger partial charge in [-0.25, -0.2) is 8.42 Å². The number of rotatable bonds is 5. The second-order valence-electron chi connectivity index (χ2n) is 4.47. The number of methoxy groups -OCH3 is 1. The molecule has 0 unspecified atom stereocenters. The minimum Gasteiger partial charge on any atom is -0.491 e. The monoisotopic (exact) mass is 285 g/mol. The van der Waals surface area contributed by atoms with Crippen LogP contribution < -0.4 is 9.64 Å². The van der Waals surface area contributed by atoms with E-state index in [-0.39, 0.29) is 11.5 Å². The number of sulfone groups is 1. The molecule has 0 radical (unpaired) electrons. The van der Waals surface area contributed by atoms with Gasteiger partial charge in [-0.05, 0) is 24.3 Å². The maximum atomic E-state index is 11.4. The van der Waals surface area contributed by atoms with Gasteiger partial charge in [-0.2, -0.15) is 0 Å². The molecule has 6 heteroatoms. The SMILES string of the molecule is COCCOc1ccc(N2CCS(=O)(=O)CC2)cc1. The third-order valence-corrected chi connectivity index (χ3v) is 4.71. The van der Waals surface area contributed by atoms with Crippen molar-refractivity contribution in [2.24, 2.45) is 0 Å². The molecule has 1 aliphatic rings. The number of hydrogen-bond donors (Lipinski definition) is 0. The minimum atomic E-state index is -2.83. The standard InChI is InChI=1S/C13H19NO4S/c1-17-8-9-18-13-4-2-12(3-5-13)14-6-10-19(15,16)11-7-14/h2-5H,6-11H2,1H3. The summed E-state index contributed by atoms with van der Waals surface area (Å²) in [4.78, 5) is 2.08. The molecule has 106 valence electrons. The molecule has 0 saturated carbocycles. The third kappa shape index (κ3) is 4.11. The van der Waals surface area contributed by atoms with E-state index in [9.17, 15) is 8.42 Å². The van der Waals surface area contributed by atoms with Gasteiger partial charge in [0.15, 0.2) is 9.84 Å². The van der Waals surface area contributed by atoms with Gasteiger partial charge in [0.05, 0.1) is 18.1 Å². The lowest BCUT2D eigenvalue weighted by Gasteiger charge is -2.28. The first-order chi connectivity index (χ1) is 9.11. The highest BCUT2D eigenvalue weighted by molar-refractivity contribution is 7.91. The summed E-state index contributed by atoms with van der Waals surface area (Å²) >= 11 is 0. The molecule has 0 bridgehead atoms. The number of hydrogen-bond acceptors (Lipinski definition) is 5. The van der Waals surface area contributed by atoms with Crippen molar-refractivity contribution < 1.29 is 17.9 Å². The van der Waals surface area contributed by atoms with Crippen LogP contribution in [0.25, 0.3) is 0 Å². The summed E-state index contributed by atoms with van der Waals surface area (Å²) in [5.41, 5.74) is 1.04. The Balaban J connectivity index is 1.91. The van der Waals surface area contributed by atoms with Gasteiger partial charge in [0.2, 0.25) is 0 Å². The van der Waals surface area contributed by atoms with Crippen LogP contribution in [0.2, 0.25) is 0 Å². The first-order valence-electron chi connectivity index (χ1n) is 6.28. The molecule has 0 spiro atoms. The van der Waals surface area contributed by atoms with Gasteiger partial charge in [-0.15, -0.1) is 0 Å². The fourth-order valence-electron chi connectivity index (χ4n) is 1.97. The van der Waals surface area contributed by atoms with E-state index in [1.54, 1.807) is 7.11 Å². The van der Waals surface area contributed by atoms with Crippen molar-refractivity contribution in [3.05, 3.63) is 24.3 Å². The van der Waals surface area contributed by atoms with Crippen LogP contribution in [0.3, 0.4) is 0 Å². The molecule has 1 fully saturated rings. The van der Waals surface area contributed by atoms with Crippen molar-refractivity contribution in [1.82, 2.24) is 0 Å². The van der Waals surface area contributed by atoms with Crippen LogP contribution in [0.1, 0.15) is 0 Å². The molecule has 1 heterocycles. The molecule has 2 rings (SSSR count). The predicted molar refractivity (Wildman–Crippen MR) is 74.7 cm³/mol. The second-order valence-corrected chi connectivity index (χ2v) is 6.78. The molecule has 0 N–H and O–H groups in total. The van der Waals surface area contributed by atoms with E-state index in [1.807, 2.05) is 24.3 Å². The van der Waals surface area contributed by atoms with Gasteiger partial charge in [-0.1, -0.05) is 0 Å². The summed E-state index contributed by atoms with van der Waals surface area (Å²) in [6, 6.07) is 7.71. The summed E-state index contributed by atoms with van der Waals surface area (Å²) in [6.07, 6.45) is 0. The van der Waals surface area contributed by atoms with Gasteiger partial charge >= 0.3 is 0 Å². The van der Waals surface area contributed by atoms with E-state index >= 15 is 0 Å². The number of nitrogens with zero attached hydrogens (tertiary/aromatic N) is 1. The third-order valence-electron chi connectivity index (χ3n) is 3.10. The Hall–Kier alpha value is -1.27. The van der Waals surface area contributed by atoms with Gasteiger partial charge in [0, 0.05) is 25.9 Å². The molecule has 1 saturated heterocycles. The van der Waals surface area contributed by atoms with Crippen LogP contribution in [0.5, 0.6) is 5.75 Å². The molecule has 1 aromatic carbocycles. The highest BCUT2D eigenvalue weighted by Crippen LogP contribution is 2.21. The lowest BCUT2D eigenvalue weighted by molar-refractivity contribution is 0.146. The summed E-state index contributed by atoms with van der Waals surface area (Å²) in [6.45, 7) is 2.21. The topological polar surface area (TPSA) is 55.8 Å². The van der Waals surface area contributed by atoms with E-state index < -0.39 is 9.84 Å². The van der Waals surface area contributed by atoms with Crippen LogP contribution in [0, 0.1) is 0 Å². The Morgan fingerprint density at radius 1 is 1.11 bits per heavy atom. The average molecular weight is 285 g/mol. The summed E-state index contributed by atoms with van der Waals surface area (Å²) in [5, 5.41) is 0. The van der Waals surface area contributed by atoms with Gasteiger partial charge < -0.3 is 14.4 Å². The smallest absolute Gasteiger partial charge is 0.153 e. The zero-order chi connectivity index (χ0) is 13.7. The van der Waals surface area contributed by atoms with Crippen molar-refractivity contribution in [3.63, 3.8) is 0 Å². The Morgan fingerprint density at radius 3 is 2.32 bits per heavy atom. The van der Waals surface area contributed by atoms with Crippen LogP contribution in [-0.2, 0) is 14.6 Å². The Bertz CT molecular complexity index is 484. The maximum Gasteiger partial charge on any atom is 0.153 e. The molecule has 0 aliphatic carbocycles. The molecule has 0 atom stereocenters. The fourth-order valence-corrected chi connectivity index (χ4v) is 3.17. The first kappa shape index (κ1) is 14.1. The highest BCUT2D eigenvalue weighted by atomic mass is 32.2. The van der Waals surface area contributed by atoms with Crippen molar-refractivity contribution in [1.29, 1.82) is 0 Å². The molecular weight excluding hydrogens is 266 g/mol. The van der Waals surface area contributed by atoms with Crippen LogP contribution in [-0.4, -0.2) is 53.3 Å². The lowest BCUT2D eigenvalue weighted by Crippen LogP contribution is -2.40. The Kier molecular flexibility index (Phi) is 4.66. The van der Waals surface area contributed by atoms with E-state index in [4.69, 9.17) is 9.47 Å². The second kappa shape index (κ2) is 6.25. The Labute approximate surface area is 114 Å². The lowest BCUT2D eigenvalue weighted by atomic mass is 10.2. The van der Waals surface area contributed by atoms with Crippen LogP contribution in [0.15, 0.2) is 24.3 Å². The van der Waals surface area contributed by atoms with Gasteiger partial charge in [0.25, 0.3) is 0 Å². The van der Waals surface area contributed by atoms with Crippen molar-refractivity contribution in [2.75, 3.05) is 49.8 Å². The fraction of sp³-hybridized carbons (Fsp3) is 0.538. The molecule has 0 aromatic heterocycles. The molecule has 1 aromatic rings.